The van der Waals surface area contributed by atoms with Gasteiger partial charge in [0.1, 0.15) is 19.0 Å². The second kappa shape index (κ2) is 5.59. The van der Waals surface area contributed by atoms with Gasteiger partial charge in [-0.05, 0) is 18.2 Å². The lowest BCUT2D eigenvalue weighted by Crippen LogP contribution is -2.15. The molecule has 0 saturated carbocycles. The molecule has 0 radical (unpaired) electrons. The molecule has 1 aliphatic rings. The Morgan fingerprint density at radius 2 is 1.90 bits per heavy atom. The van der Waals surface area contributed by atoms with E-state index in [0.29, 0.717) is 31.1 Å². The van der Waals surface area contributed by atoms with Crippen LogP contribution in [-0.2, 0) is 6.54 Å². The van der Waals surface area contributed by atoms with Crippen molar-refractivity contribution in [2.45, 2.75) is 6.54 Å². The number of ether oxygens (including phenoxy) is 2. The van der Waals surface area contributed by atoms with E-state index >= 15 is 0 Å². The van der Waals surface area contributed by atoms with Crippen LogP contribution in [0.1, 0.15) is 5.56 Å². The largest absolute Gasteiger partial charge is 0.486 e. The molecular weight excluding hydrogens is 281 g/mol. The quantitative estimate of drug-likeness (QED) is 0.932. The molecule has 0 spiro atoms. The van der Waals surface area contributed by atoms with Crippen LogP contribution in [0.25, 0.3) is 0 Å². The van der Waals surface area contributed by atoms with Gasteiger partial charge in [0.25, 0.3) is 0 Å². The minimum Gasteiger partial charge on any atom is -0.486 e. The number of benzene rings is 2. The average Bonchev–Trinajstić information content (AvgIpc) is 2.48. The summed E-state index contributed by atoms with van der Waals surface area (Å²) in [6.07, 6.45) is 0. The first-order valence-corrected chi connectivity index (χ1v) is 6.68. The molecule has 0 amide bonds. The first kappa shape index (κ1) is 13.1. The fourth-order valence-corrected chi connectivity index (χ4v) is 2.23. The number of fused-ring (bicyclic) bond motifs is 1. The summed E-state index contributed by atoms with van der Waals surface area (Å²) in [5.74, 6) is 1.04. The highest BCUT2D eigenvalue weighted by molar-refractivity contribution is 6.30. The van der Waals surface area contributed by atoms with E-state index < -0.39 is 0 Å². The van der Waals surface area contributed by atoms with Gasteiger partial charge in [-0.15, -0.1) is 0 Å². The normalized spacial score (nSPS) is 13.1. The zero-order valence-electron chi connectivity index (χ0n) is 10.7. The summed E-state index contributed by atoms with van der Waals surface area (Å²) >= 11 is 5.75. The molecule has 5 heteroatoms. The van der Waals surface area contributed by atoms with Crippen molar-refractivity contribution in [2.24, 2.45) is 0 Å². The van der Waals surface area contributed by atoms with Gasteiger partial charge in [-0.25, -0.2) is 4.39 Å². The Kier molecular flexibility index (Phi) is 3.65. The van der Waals surface area contributed by atoms with E-state index in [-0.39, 0.29) is 10.8 Å². The van der Waals surface area contributed by atoms with Crippen molar-refractivity contribution < 1.29 is 13.9 Å². The third-order valence-electron chi connectivity index (χ3n) is 3.06. The Morgan fingerprint density at radius 1 is 1.10 bits per heavy atom. The highest BCUT2D eigenvalue weighted by Gasteiger charge is 2.12. The predicted octanol–water partition coefficient (Wildman–Crippen LogP) is 3.86. The Hall–Kier alpha value is -1.94. The lowest BCUT2D eigenvalue weighted by Gasteiger charge is -2.19. The van der Waals surface area contributed by atoms with E-state index in [4.69, 9.17) is 21.1 Å². The molecule has 0 aliphatic carbocycles. The molecule has 1 heterocycles. The Labute approximate surface area is 121 Å². The summed E-state index contributed by atoms with van der Waals surface area (Å²) in [7, 11) is 0. The zero-order chi connectivity index (χ0) is 13.9. The molecule has 0 unspecified atom stereocenters. The monoisotopic (exact) mass is 293 g/mol. The number of hydrogen-bond donors (Lipinski definition) is 1. The smallest absolute Gasteiger partial charge is 0.163 e. The van der Waals surface area contributed by atoms with Crippen LogP contribution in [0.4, 0.5) is 10.1 Å². The molecule has 0 atom stereocenters. The van der Waals surface area contributed by atoms with Gasteiger partial charge in [0.2, 0.25) is 0 Å². The Bertz CT molecular complexity index is 633. The van der Waals surface area contributed by atoms with Crippen molar-refractivity contribution in [2.75, 3.05) is 18.5 Å². The van der Waals surface area contributed by atoms with Crippen LogP contribution in [0.3, 0.4) is 0 Å². The maximum atomic E-state index is 13.8. The maximum Gasteiger partial charge on any atom is 0.163 e. The zero-order valence-corrected chi connectivity index (χ0v) is 11.4. The van der Waals surface area contributed by atoms with E-state index in [1.54, 1.807) is 12.1 Å². The van der Waals surface area contributed by atoms with Crippen molar-refractivity contribution in [3.8, 4) is 11.5 Å². The van der Waals surface area contributed by atoms with Crippen LogP contribution < -0.4 is 14.8 Å². The Balaban J connectivity index is 1.73. The van der Waals surface area contributed by atoms with Gasteiger partial charge >= 0.3 is 0 Å². The molecule has 2 aromatic carbocycles. The van der Waals surface area contributed by atoms with Crippen LogP contribution in [-0.4, -0.2) is 13.2 Å². The standard InChI is InChI=1S/C15H13ClFNO2/c16-12-3-1-2-10(15(12)17)9-18-11-4-5-13-14(8-11)20-7-6-19-13/h1-5,8,18H,6-7,9H2. The van der Waals surface area contributed by atoms with E-state index in [2.05, 4.69) is 5.32 Å². The first-order valence-electron chi connectivity index (χ1n) is 6.30. The molecule has 20 heavy (non-hydrogen) atoms. The molecule has 0 saturated heterocycles. The summed E-state index contributed by atoms with van der Waals surface area (Å²) in [5.41, 5.74) is 1.36. The average molecular weight is 294 g/mol. The van der Waals surface area contributed by atoms with Crippen LogP contribution in [0.5, 0.6) is 11.5 Å². The number of halogens is 2. The molecule has 0 aromatic heterocycles. The minimum absolute atomic E-state index is 0.131. The van der Waals surface area contributed by atoms with Gasteiger partial charge in [-0.3, -0.25) is 0 Å². The van der Waals surface area contributed by atoms with Gasteiger partial charge in [-0.2, -0.15) is 0 Å². The predicted molar refractivity (Wildman–Crippen MR) is 76.2 cm³/mol. The van der Waals surface area contributed by atoms with E-state index in [0.717, 1.165) is 11.4 Å². The van der Waals surface area contributed by atoms with Crippen LogP contribution >= 0.6 is 11.6 Å². The SMILES string of the molecule is Fc1c(Cl)cccc1CNc1ccc2c(c1)OCCO2. The second-order valence-corrected chi connectivity index (χ2v) is 4.83. The van der Waals surface area contributed by atoms with E-state index in [9.17, 15) is 4.39 Å². The molecule has 104 valence electrons. The number of hydrogen-bond acceptors (Lipinski definition) is 3. The lowest BCUT2D eigenvalue weighted by molar-refractivity contribution is 0.171. The molecule has 2 aromatic rings. The topological polar surface area (TPSA) is 30.5 Å². The number of anilines is 1. The highest BCUT2D eigenvalue weighted by Crippen LogP contribution is 2.32. The summed E-state index contributed by atoms with van der Waals surface area (Å²) in [5, 5.41) is 3.28. The molecule has 0 bridgehead atoms. The van der Waals surface area contributed by atoms with Gasteiger partial charge in [0.15, 0.2) is 11.5 Å². The minimum atomic E-state index is -0.390. The summed E-state index contributed by atoms with van der Waals surface area (Å²) in [6.45, 7) is 1.46. The molecular formula is C15H13ClFNO2. The lowest BCUT2D eigenvalue weighted by atomic mass is 10.2. The van der Waals surface area contributed by atoms with Crippen molar-refractivity contribution in [3.05, 3.63) is 52.8 Å². The van der Waals surface area contributed by atoms with Crippen LogP contribution in [0.2, 0.25) is 5.02 Å². The van der Waals surface area contributed by atoms with Gasteiger partial charge in [0, 0.05) is 23.9 Å². The van der Waals surface area contributed by atoms with Crippen molar-refractivity contribution in [1.82, 2.24) is 0 Å². The van der Waals surface area contributed by atoms with E-state index in [1.165, 1.54) is 6.07 Å². The van der Waals surface area contributed by atoms with Crippen molar-refractivity contribution in [3.63, 3.8) is 0 Å². The number of nitrogens with one attached hydrogen (secondary N) is 1. The molecule has 1 N–H and O–H groups in total. The third kappa shape index (κ3) is 2.65. The van der Waals surface area contributed by atoms with Crippen molar-refractivity contribution in [1.29, 1.82) is 0 Å². The molecule has 1 aliphatic heterocycles. The first-order chi connectivity index (χ1) is 9.74. The summed E-state index contributed by atoms with van der Waals surface area (Å²) in [6, 6.07) is 10.5. The molecule has 3 nitrogen and oxygen atoms in total. The maximum absolute atomic E-state index is 13.8. The van der Waals surface area contributed by atoms with Crippen LogP contribution in [0, 0.1) is 5.82 Å². The van der Waals surface area contributed by atoms with Gasteiger partial charge < -0.3 is 14.8 Å². The van der Waals surface area contributed by atoms with Crippen LogP contribution in [0.15, 0.2) is 36.4 Å². The molecule has 3 rings (SSSR count). The highest BCUT2D eigenvalue weighted by atomic mass is 35.5. The van der Waals surface area contributed by atoms with E-state index in [1.807, 2.05) is 18.2 Å². The van der Waals surface area contributed by atoms with Gasteiger partial charge in [0.05, 0.1) is 5.02 Å². The van der Waals surface area contributed by atoms with Gasteiger partial charge in [-0.1, -0.05) is 23.7 Å². The fraction of sp³-hybridized carbons (Fsp3) is 0.200. The second-order valence-electron chi connectivity index (χ2n) is 4.42. The summed E-state index contributed by atoms with van der Waals surface area (Å²) < 4.78 is 24.7. The summed E-state index contributed by atoms with van der Waals surface area (Å²) in [4.78, 5) is 0. The van der Waals surface area contributed by atoms with Crippen molar-refractivity contribution >= 4 is 17.3 Å². The Morgan fingerprint density at radius 3 is 2.75 bits per heavy atom. The fourth-order valence-electron chi connectivity index (χ4n) is 2.04. The molecule has 0 fully saturated rings. The number of rotatable bonds is 3. The third-order valence-corrected chi connectivity index (χ3v) is 3.35.